The predicted octanol–water partition coefficient (Wildman–Crippen LogP) is 21.5. The van der Waals surface area contributed by atoms with Crippen molar-refractivity contribution in [3.63, 3.8) is 0 Å². The number of hydrogen-bond acceptors (Lipinski definition) is 14. The highest BCUT2D eigenvalue weighted by Crippen LogP contribution is 2.34. The monoisotopic (exact) mass is 1740 g/mol. The number of ether oxygens (including phenoxy) is 4. The van der Waals surface area contributed by atoms with Crippen molar-refractivity contribution in [1.82, 2.24) is 0 Å². The van der Waals surface area contributed by atoms with Crippen molar-refractivity contribution in [2.75, 3.05) is 37.6 Å². The molecule has 0 radical (unpaired) electrons. The largest absolute Gasteiger partial charge is 0.497 e. The molecule has 0 amide bonds. The first-order valence-corrected chi connectivity index (χ1v) is 43.4. The van der Waals surface area contributed by atoms with Crippen molar-refractivity contribution in [1.29, 1.82) is 0 Å². The molecule has 16 nitrogen and oxygen atoms in total. The van der Waals surface area contributed by atoms with Crippen molar-refractivity contribution in [2.45, 2.75) is 160 Å². The molecule has 0 bridgehead atoms. The van der Waals surface area contributed by atoms with E-state index in [-0.39, 0.29) is 74.5 Å². The van der Waals surface area contributed by atoms with Crippen molar-refractivity contribution in [2.24, 2.45) is 33.8 Å². The molecule has 0 spiro atoms. The number of hydrogen-bond donors (Lipinski definition) is 2. The molecular formula is C87H110Cl6N2O14S4. The molecule has 0 fully saturated rings. The second-order valence-electron chi connectivity index (χ2n) is 30.0. The van der Waals surface area contributed by atoms with Crippen LogP contribution in [0, 0.1) is 23.7 Å². The lowest BCUT2D eigenvalue weighted by atomic mass is 9.89. The Labute approximate surface area is 710 Å². The Balaban J connectivity index is 0.000000473. The van der Waals surface area contributed by atoms with Gasteiger partial charge in [0.15, 0.2) is 0 Å². The number of carboxylic acids is 1. The summed E-state index contributed by atoms with van der Waals surface area (Å²) in [4.78, 5) is 58.0. The van der Waals surface area contributed by atoms with Crippen LogP contribution in [0.1, 0.15) is 178 Å². The number of aldehydes is 1. The molecule has 3 N–H and O–H groups in total. The molecule has 0 unspecified atom stereocenters. The van der Waals surface area contributed by atoms with Crippen LogP contribution in [0.4, 0.5) is 0 Å². The van der Waals surface area contributed by atoms with Crippen LogP contribution in [-0.2, 0) is 83.4 Å². The number of aliphatic carboxylic acids is 1. The number of nitrogens with zero attached hydrogens (tertiary/aromatic N) is 1. The van der Waals surface area contributed by atoms with E-state index in [0.717, 1.165) is 45.4 Å². The number of halogens is 6. The van der Waals surface area contributed by atoms with Gasteiger partial charge in [-0.2, -0.15) is 4.40 Å². The van der Waals surface area contributed by atoms with E-state index >= 15 is 0 Å². The zero-order valence-corrected chi connectivity index (χ0v) is 75.2. The minimum Gasteiger partial charge on any atom is -0.497 e. The molecule has 0 aliphatic rings. The van der Waals surface area contributed by atoms with Crippen molar-refractivity contribution >= 4 is 149 Å². The molecule has 618 valence electrons. The summed E-state index contributed by atoms with van der Waals surface area (Å²) in [5, 5.41) is 13.1. The summed E-state index contributed by atoms with van der Waals surface area (Å²) in [7, 11) is -2.89. The molecular weight excluding hydrogens is 1640 g/mol. The number of rotatable bonds is 28. The number of methoxy groups -OCH3 is 1. The molecule has 12 atom stereocenters. The third-order valence-corrected chi connectivity index (χ3v) is 25.9. The summed E-state index contributed by atoms with van der Waals surface area (Å²) < 4.78 is 72.7. The fourth-order valence-corrected chi connectivity index (χ4v) is 14.7. The van der Waals surface area contributed by atoms with Crippen molar-refractivity contribution in [3.05, 3.63) is 264 Å². The van der Waals surface area contributed by atoms with Crippen LogP contribution in [0.15, 0.2) is 200 Å². The van der Waals surface area contributed by atoms with E-state index in [1.165, 1.54) is 12.2 Å². The summed E-state index contributed by atoms with van der Waals surface area (Å²) in [6.07, 6.45) is 5.46. The fourth-order valence-electron chi connectivity index (χ4n) is 9.49. The Morgan fingerprint density at radius 2 is 0.726 bits per heavy atom. The summed E-state index contributed by atoms with van der Waals surface area (Å²) in [6, 6.07) is 49.8. The Hall–Kier alpha value is -6.66. The molecule has 7 rings (SSSR count). The van der Waals surface area contributed by atoms with E-state index in [1.807, 2.05) is 182 Å². The number of carbonyl (C=O) groups is 5. The first-order chi connectivity index (χ1) is 52.7. The molecule has 0 heterocycles. The topological polar surface area (TPSA) is 249 Å². The second-order valence-corrected chi connectivity index (χ2v) is 41.3. The van der Waals surface area contributed by atoms with Crippen LogP contribution in [0.3, 0.4) is 0 Å². The normalized spacial score (nSPS) is 14.5. The van der Waals surface area contributed by atoms with Gasteiger partial charge in [-0.3, -0.25) is 36.6 Å². The second kappa shape index (κ2) is 50.7. The minimum absolute atomic E-state index is 0.179. The van der Waals surface area contributed by atoms with Crippen LogP contribution in [0.5, 0.6) is 5.75 Å². The van der Waals surface area contributed by atoms with Gasteiger partial charge in [-0.25, -0.2) is 4.21 Å². The van der Waals surface area contributed by atoms with Crippen LogP contribution in [0.2, 0.25) is 30.1 Å². The lowest BCUT2D eigenvalue weighted by Gasteiger charge is -2.27. The highest BCUT2D eigenvalue weighted by atomic mass is 35.5. The van der Waals surface area contributed by atoms with Gasteiger partial charge < -0.3 is 29.8 Å². The zero-order chi connectivity index (χ0) is 85.7. The van der Waals surface area contributed by atoms with Gasteiger partial charge in [0, 0.05) is 130 Å². The quantitative estimate of drug-likeness (QED) is 0.0152. The Kier molecular flexibility index (Phi) is 46.0. The summed E-state index contributed by atoms with van der Waals surface area (Å²) >= 11 is 34.9. The van der Waals surface area contributed by atoms with Crippen LogP contribution < -0.4 is 10.5 Å². The number of carboxylic acid groups (broad SMARTS) is 1. The predicted molar refractivity (Wildman–Crippen MR) is 472 cm³/mol. The number of carbonyl (C=O) groups excluding carboxylic acids is 4. The molecule has 0 saturated heterocycles. The van der Waals surface area contributed by atoms with E-state index in [4.69, 9.17) is 94.3 Å². The summed E-state index contributed by atoms with van der Waals surface area (Å²) in [5.74, 6) is -2.52. The maximum Gasteiger partial charge on any atom is 0.310 e. The molecule has 0 aromatic heterocycles. The molecule has 0 saturated carbocycles. The highest BCUT2D eigenvalue weighted by molar-refractivity contribution is 7.87. The molecule has 7 aromatic rings. The average molecular weight is 1750 g/mol. The van der Waals surface area contributed by atoms with Gasteiger partial charge in [0.05, 0.1) is 35.5 Å². The highest BCUT2D eigenvalue weighted by Gasteiger charge is 2.35. The summed E-state index contributed by atoms with van der Waals surface area (Å²) in [6.45, 7) is 37.6. The third-order valence-electron chi connectivity index (χ3n) is 17.0. The fraction of sp³-hybridized carbons (Fsp3) is 0.402. The van der Waals surface area contributed by atoms with Crippen LogP contribution in [-0.4, -0.2) is 115 Å². The van der Waals surface area contributed by atoms with E-state index in [0.29, 0.717) is 53.0 Å². The van der Waals surface area contributed by atoms with Gasteiger partial charge in [-0.05, 0) is 201 Å². The van der Waals surface area contributed by atoms with Gasteiger partial charge >= 0.3 is 23.9 Å². The smallest absolute Gasteiger partial charge is 0.310 e. The van der Waals surface area contributed by atoms with Gasteiger partial charge in [0.25, 0.3) is 0 Å². The third kappa shape index (κ3) is 39.2. The number of esters is 3. The van der Waals surface area contributed by atoms with Gasteiger partial charge in [-0.15, -0.1) is 0 Å². The number of benzene rings is 7. The van der Waals surface area contributed by atoms with E-state index in [2.05, 4.69) is 17.6 Å². The SMILES string of the molecule is C=CCOC(=O)[C@@H](C)[C@H](C[S@](=O)C(C)(C)C)c1ccc(Cl)cc1.C=CCOC(=O)[C@@H](C)[C@H](N)c1ccc(Cl)cc1.CC(C)(C)[S@@](=O)N=Cc1ccc(Cl)cc1.COc1ccc(COC(=O)[C@@H](C)[C@H](C[S@](=O)C(C)(C)C)c2ccc(Cl)cc2)cc1.C[C@H](C(=O)O)[C@H](C[S@](=O)C(C)(C)C)c1ccc(Cl)cc1.O=Cc1ccc(Cl)cc1. The van der Waals surface area contributed by atoms with E-state index in [1.54, 1.807) is 112 Å². The lowest BCUT2D eigenvalue weighted by molar-refractivity contribution is -0.150. The molecule has 26 heteroatoms. The van der Waals surface area contributed by atoms with Crippen LogP contribution >= 0.6 is 69.6 Å². The maximum absolute atomic E-state index is 12.8. The minimum atomic E-state index is -1.21. The first-order valence-electron chi connectivity index (χ1n) is 36.1. The Morgan fingerprint density at radius 1 is 0.434 bits per heavy atom. The molecule has 0 aliphatic carbocycles. The Morgan fingerprint density at radius 3 is 1.02 bits per heavy atom. The zero-order valence-electron chi connectivity index (χ0n) is 67.4. The summed E-state index contributed by atoms with van der Waals surface area (Å²) in [5.41, 5.74) is 12.0. The average Bonchev–Trinajstić information content (AvgIpc) is 0.839. The van der Waals surface area contributed by atoms with Crippen LogP contribution in [0.25, 0.3) is 0 Å². The van der Waals surface area contributed by atoms with Crippen molar-refractivity contribution in [3.8, 4) is 5.75 Å². The number of nitrogens with two attached hydrogens (primary N) is 1. The lowest BCUT2D eigenvalue weighted by Crippen LogP contribution is -2.31. The van der Waals surface area contributed by atoms with Gasteiger partial charge in [-0.1, -0.05) is 208 Å². The first kappa shape index (κ1) is 102. The molecule has 0 aliphatic heterocycles. The standard InChI is InChI=1S/C23H29ClO4S.C18H25ClO3S.C15H21ClO3S.C13H16ClNO2.C11H14ClNOS.C7H5ClO/c1-16(22(25)28-14-17-6-12-20(27-5)13-7-17)21(15-29(26)23(2,3)4)18-8-10-19(24)11-9-18;1-6-11-22-17(20)13(2)16(12-23(21)18(3,4)5)14-7-9-15(19)10-8-14;1-10(14(17)18)13(9-20(19)15(2,3)4)11-5-7-12(16)8-6-11;1-3-8-17-13(16)9(2)12(15)10-4-6-11(14)7-5-10;1-11(2,3)15(14)13-8-9-4-6-10(12)7-5-9;8-7-3-1-6(5-9)2-4-7/h6-13,16,21H,14-15H2,1-5H3;6-10,13,16H,1,11-12H2,2-5H3;5-8,10,13H,9H2,1-4H3,(H,17,18);3-7,9,12H,1,8,15H2,2H3;4-8H,1-3H3;1-5H/t16-,21-,29-;13-,16-,23-;10-,13-,20-;9-,12-;15-;/m00001./s1. The van der Waals surface area contributed by atoms with Gasteiger partial charge in [0.1, 0.15) is 42.8 Å². The molecule has 7 aromatic carbocycles. The Bertz CT molecular complexity index is 4220. The van der Waals surface area contributed by atoms with Crippen molar-refractivity contribution < 1.29 is 64.9 Å². The van der Waals surface area contributed by atoms with E-state index in [9.17, 15) is 45.9 Å². The van der Waals surface area contributed by atoms with Gasteiger partial charge in [0.2, 0.25) is 0 Å². The maximum atomic E-state index is 12.8. The van der Waals surface area contributed by atoms with E-state index < -0.39 is 79.1 Å². The molecule has 113 heavy (non-hydrogen) atoms.